The number of carbonyl (C=O) groups excluding carboxylic acids is 1. The van der Waals surface area contributed by atoms with E-state index in [0.29, 0.717) is 11.4 Å². The molecule has 0 radical (unpaired) electrons. The van der Waals surface area contributed by atoms with Crippen LogP contribution in [0.5, 0.6) is 0 Å². The lowest BCUT2D eigenvalue weighted by molar-refractivity contribution is -0.115. The molecule has 0 saturated carbocycles. The summed E-state index contributed by atoms with van der Waals surface area (Å²) in [6.07, 6.45) is 2.20. The summed E-state index contributed by atoms with van der Waals surface area (Å²) >= 11 is 6.07. The highest BCUT2D eigenvalue weighted by Crippen LogP contribution is 2.26. The Balaban J connectivity index is 1.35. The number of anilines is 3. The van der Waals surface area contributed by atoms with Crippen molar-refractivity contribution in [2.24, 2.45) is 0 Å². The molecule has 1 amide bonds. The Labute approximate surface area is 190 Å². The second kappa shape index (κ2) is 8.36. The fraction of sp³-hybridized carbons (Fsp3) is 0.0769. The second-order valence-corrected chi connectivity index (χ2v) is 8.21. The lowest BCUT2D eigenvalue weighted by atomic mass is 10.1. The highest BCUT2D eigenvalue weighted by atomic mass is 35.5. The first-order valence-electron chi connectivity index (χ1n) is 10.3. The summed E-state index contributed by atoms with van der Waals surface area (Å²) in [5, 5.41) is 9.04. The highest BCUT2D eigenvalue weighted by Gasteiger charge is 2.10. The van der Waals surface area contributed by atoms with Crippen LogP contribution in [0.1, 0.15) is 11.1 Å². The minimum absolute atomic E-state index is 0.0565. The van der Waals surface area contributed by atoms with Crippen LogP contribution in [0.15, 0.2) is 79.0 Å². The maximum atomic E-state index is 12.7. The van der Waals surface area contributed by atoms with Gasteiger partial charge in [0.05, 0.1) is 11.9 Å². The van der Waals surface area contributed by atoms with E-state index in [2.05, 4.69) is 15.6 Å². The number of H-pyrrole nitrogens is 1. The number of para-hydroxylation sites is 1. The average molecular weight is 441 g/mol. The maximum absolute atomic E-state index is 12.7. The first-order valence-corrected chi connectivity index (χ1v) is 10.7. The van der Waals surface area contributed by atoms with Crippen molar-refractivity contribution in [3.05, 3.63) is 95.1 Å². The fourth-order valence-corrected chi connectivity index (χ4v) is 4.10. The number of aromatic amines is 1. The Hall–Kier alpha value is -3.83. The molecule has 0 fully saturated rings. The van der Waals surface area contributed by atoms with E-state index < -0.39 is 0 Å². The zero-order valence-corrected chi connectivity index (χ0v) is 18.2. The van der Waals surface area contributed by atoms with Crippen molar-refractivity contribution in [2.45, 2.75) is 13.3 Å². The summed E-state index contributed by atoms with van der Waals surface area (Å²) in [5.74, 6) is 0.687. The van der Waals surface area contributed by atoms with Crippen LogP contribution in [0.4, 0.5) is 17.2 Å². The number of aryl methyl sites for hydroxylation is 1. The molecule has 0 aliphatic carbocycles. The standard InChI is InChI=1S/C26H21ClN4O/c1-16-11-25(29-19-6-4-5-18(27)13-19)31-24-10-9-20(14-22(16)24)30-26(32)12-17-15-28-23-8-3-2-7-21(17)23/h2-11,13-15,28H,12H2,1H3,(H,29,31)(H,30,32). The number of hydrogen-bond donors (Lipinski definition) is 3. The number of aromatic nitrogens is 2. The molecule has 32 heavy (non-hydrogen) atoms. The van der Waals surface area contributed by atoms with Crippen LogP contribution in [0.25, 0.3) is 21.8 Å². The predicted octanol–water partition coefficient (Wildman–Crippen LogP) is 6.60. The SMILES string of the molecule is Cc1cc(Nc2cccc(Cl)c2)nc2ccc(NC(=O)Cc3c[nH]c4ccccc34)cc12. The fourth-order valence-electron chi connectivity index (χ4n) is 3.91. The average Bonchev–Trinajstić information content (AvgIpc) is 3.17. The first kappa shape index (κ1) is 20.1. The molecule has 0 atom stereocenters. The van der Waals surface area contributed by atoms with Gasteiger partial charge in [0.1, 0.15) is 5.82 Å². The van der Waals surface area contributed by atoms with E-state index in [0.717, 1.165) is 50.1 Å². The summed E-state index contributed by atoms with van der Waals surface area (Å²) in [6.45, 7) is 2.03. The van der Waals surface area contributed by atoms with E-state index >= 15 is 0 Å². The van der Waals surface area contributed by atoms with E-state index in [1.807, 2.05) is 85.9 Å². The number of nitrogens with one attached hydrogen (secondary N) is 3. The molecule has 2 heterocycles. The number of pyridine rings is 1. The molecule has 0 aliphatic heterocycles. The van der Waals surface area contributed by atoms with Crippen molar-refractivity contribution >= 4 is 56.5 Å². The van der Waals surface area contributed by atoms with Gasteiger partial charge in [-0.25, -0.2) is 4.98 Å². The molecular formula is C26H21ClN4O. The van der Waals surface area contributed by atoms with Crippen LogP contribution in [0.2, 0.25) is 5.02 Å². The summed E-state index contributed by atoms with van der Waals surface area (Å²) in [6, 6.07) is 23.3. The Morgan fingerprint density at radius 1 is 0.969 bits per heavy atom. The molecule has 2 aromatic heterocycles. The van der Waals surface area contributed by atoms with Gasteiger partial charge in [0.25, 0.3) is 0 Å². The van der Waals surface area contributed by atoms with Crippen LogP contribution >= 0.6 is 11.6 Å². The van der Waals surface area contributed by atoms with Gasteiger partial charge in [0.15, 0.2) is 0 Å². The molecule has 5 aromatic rings. The Morgan fingerprint density at radius 2 is 1.84 bits per heavy atom. The topological polar surface area (TPSA) is 69.8 Å². The minimum atomic E-state index is -0.0565. The molecule has 0 spiro atoms. The molecular weight excluding hydrogens is 420 g/mol. The van der Waals surface area contributed by atoms with Crippen LogP contribution in [-0.4, -0.2) is 15.9 Å². The second-order valence-electron chi connectivity index (χ2n) is 7.78. The molecule has 3 aromatic carbocycles. The molecule has 158 valence electrons. The number of benzene rings is 3. The number of fused-ring (bicyclic) bond motifs is 2. The Kier molecular flexibility index (Phi) is 5.25. The zero-order valence-electron chi connectivity index (χ0n) is 17.4. The van der Waals surface area contributed by atoms with Crippen LogP contribution in [0, 0.1) is 6.92 Å². The van der Waals surface area contributed by atoms with Gasteiger partial charge in [0.2, 0.25) is 5.91 Å². The number of rotatable bonds is 5. The molecule has 0 bridgehead atoms. The molecule has 0 saturated heterocycles. The van der Waals surface area contributed by atoms with Gasteiger partial charge >= 0.3 is 0 Å². The number of nitrogens with zero attached hydrogens (tertiary/aromatic N) is 1. The van der Waals surface area contributed by atoms with Gasteiger partial charge in [-0.3, -0.25) is 4.79 Å². The maximum Gasteiger partial charge on any atom is 0.228 e. The van der Waals surface area contributed by atoms with Gasteiger partial charge in [0, 0.05) is 38.9 Å². The van der Waals surface area contributed by atoms with Crippen LogP contribution < -0.4 is 10.6 Å². The highest BCUT2D eigenvalue weighted by molar-refractivity contribution is 6.30. The van der Waals surface area contributed by atoms with Crippen molar-refractivity contribution < 1.29 is 4.79 Å². The lowest BCUT2D eigenvalue weighted by Crippen LogP contribution is -2.14. The molecule has 0 aliphatic rings. The third kappa shape index (κ3) is 4.15. The summed E-state index contributed by atoms with van der Waals surface area (Å²) < 4.78 is 0. The van der Waals surface area contributed by atoms with Gasteiger partial charge in [-0.1, -0.05) is 35.9 Å². The number of halogens is 1. The van der Waals surface area contributed by atoms with Crippen molar-refractivity contribution in [3.63, 3.8) is 0 Å². The quantitative estimate of drug-likeness (QED) is 0.288. The molecule has 5 nitrogen and oxygen atoms in total. The summed E-state index contributed by atoms with van der Waals surface area (Å²) in [7, 11) is 0. The van der Waals surface area contributed by atoms with Crippen LogP contribution in [-0.2, 0) is 11.2 Å². The predicted molar refractivity (Wildman–Crippen MR) is 132 cm³/mol. The van der Waals surface area contributed by atoms with Gasteiger partial charge in [-0.2, -0.15) is 0 Å². The van der Waals surface area contributed by atoms with E-state index in [1.54, 1.807) is 0 Å². The zero-order chi connectivity index (χ0) is 22.1. The first-order chi connectivity index (χ1) is 15.5. The van der Waals surface area contributed by atoms with E-state index in [4.69, 9.17) is 16.6 Å². The van der Waals surface area contributed by atoms with Crippen molar-refractivity contribution in [2.75, 3.05) is 10.6 Å². The van der Waals surface area contributed by atoms with Crippen molar-refractivity contribution in [1.82, 2.24) is 9.97 Å². The smallest absolute Gasteiger partial charge is 0.228 e. The molecule has 6 heteroatoms. The third-order valence-electron chi connectivity index (χ3n) is 5.42. The minimum Gasteiger partial charge on any atom is -0.361 e. The van der Waals surface area contributed by atoms with E-state index in [9.17, 15) is 4.79 Å². The Bertz CT molecular complexity index is 1460. The van der Waals surface area contributed by atoms with Gasteiger partial charge in [-0.05, 0) is 66.6 Å². The monoisotopic (exact) mass is 440 g/mol. The van der Waals surface area contributed by atoms with Crippen molar-refractivity contribution in [1.29, 1.82) is 0 Å². The van der Waals surface area contributed by atoms with Gasteiger partial charge in [-0.15, -0.1) is 0 Å². The van der Waals surface area contributed by atoms with Crippen LogP contribution in [0.3, 0.4) is 0 Å². The summed E-state index contributed by atoms with van der Waals surface area (Å²) in [4.78, 5) is 20.6. The Morgan fingerprint density at radius 3 is 2.72 bits per heavy atom. The number of amides is 1. The van der Waals surface area contributed by atoms with E-state index in [1.165, 1.54) is 0 Å². The lowest BCUT2D eigenvalue weighted by Gasteiger charge is -2.11. The third-order valence-corrected chi connectivity index (χ3v) is 5.66. The van der Waals surface area contributed by atoms with Crippen molar-refractivity contribution in [3.8, 4) is 0 Å². The number of hydrogen-bond acceptors (Lipinski definition) is 3. The van der Waals surface area contributed by atoms with Gasteiger partial charge < -0.3 is 15.6 Å². The number of carbonyl (C=O) groups is 1. The van der Waals surface area contributed by atoms with E-state index in [-0.39, 0.29) is 5.91 Å². The molecule has 0 unspecified atom stereocenters. The molecule has 3 N–H and O–H groups in total. The summed E-state index contributed by atoms with van der Waals surface area (Å²) in [5.41, 5.74) is 5.56. The normalized spacial score (nSPS) is 11.1. The largest absolute Gasteiger partial charge is 0.361 e. The molecule has 5 rings (SSSR count).